The molecule has 0 radical (unpaired) electrons. The molecular weight excluding hydrogens is 813 g/mol. The number of hydrogen-bond acceptors (Lipinski definition) is 3. The second-order valence-corrected chi connectivity index (χ2v) is 17.2. The molecule has 0 fully saturated rings. The van der Waals surface area contributed by atoms with Gasteiger partial charge < -0.3 is 4.57 Å². The van der Waals surface area contributed by atoms with E-state index in [0.29, 0.717) is 17.5 Å². The van der Waals surface area contributed by atoms with Crippen LogP contribution in [0.2, 0.25) is 0 Å². The molecule has 2 heterocycles. The van der Waals surface area contributed by atoms with Gasteiger partial charge in [0.1, 0.15) is 0 Å². The summed E-state index contributed by atoms with van der Waals surface area (Å²) < 4.78 is 2.38. The molecule has 0 bridgehead atoms. The third-order valence-corrected chi connectivity index (χ3v) is 13.2. The summed E-state index contributed by atoms with van der Waals surface area (Å²) in [5, 5.41) is 9.90. The van der Waals surface area contributed by atoms with Gasteiger partial charge in [-0.15, -0.1) is 0 Å². The Bertz CT molecular complexity index is 4010. The Balaban J connectivity index is 0.944. The minimum Gasteiger partial charge on any atom is -0.309 e. The lowest BCUT2D eigenvalue weighted by Gasteiger charge is -2.16. The number of rotatable bonds is 7. The van der Waals surface area contributed by atoms with Crippen LogP contribution in [0.3, 0.4) is 0 Å². The van der Waals surface area contributed by atoms with E-state index in [1.165, 1.54) is 70.8 Å². The van der Waals surface area contributed by atoms with Crippen molar-refractivity contribution in [3.63, 3.8) is 0 Å². The highest BCUT2D eigenvalue weighted by Crippen LogP contribution is 2.43. The summed E-state index contributed by atoms with van der Waals surface area (Å²) in [7, 11) is 0. The SMILES string of the molecule is c1ccc(-c2ccc(-c3nc(-c4ccccc4)nc(-c4cccc(-c5ccc6c(c5)c5ccccc5c5cccc(-c7ccc8c(c7)c7ccccc7n8-c7ccccc7)c56)c4)n3)cc2)cc1. The van der Waals surface area contributed by atoms with E-state index in [2.05, 4.69) is 223 Å². The summed E-state index contributed by atoms with van der Waals surface area (Å²) in [5.41, 5.74) is 13.3. The Morgan fingerprint density at radius 2 is 0.687 bits per heavy atom. The van der Waals surface area contributed by atoms with Crippen molar-refractivity contribution in [2.45, 2.75) is 0 Å². The quantitative estimate of drug-likeness (QED) is 0.150. The van der Waals surface area contributed by atoms with Crippen molar-refractivity contribution >= 4 is 54.1 Å². The summed E-state index contributed by atoms with van der Waals surface area (Å²) in [5.74, 6) is 1.90. The normalized spacial score (nSPS) is 11.6. The lowest BCUT2D eigenvalue weighted by molar-refractivity contribution is 1.07. The molecule has 0 aliphatic carbocycles. The number of nitrogens with zero attached hydrogens (tertiary/aromatic N) is 4. The van der Waals surface area contributed by atoms with E-state index >= 15 is 0 Å². The first-order chi connectivity index (χ1) is 33.2. The summed E-state index contributed by atoms with van der Waals surface area (Å²) in [6.45, 7) is 0. The zero-order valence-corrected chi connectivity index (χ0v) is 36.4. The van der Waals surface area contributed by atoms with Gasteiger partial charge in [0.25, 0.3) is 0 Å². The largest absolute Gasteiger partial charge is 0.309 e. The van der Waals surface area contributed by atoms with Gasteiger partial charge in [-0.25, -0.2) is 15.0 Å². The fourth-order valence-electron chi connectivity index (χ4n) is 10.1. The molecule has 0 saturated carbocycles. The molecule has 0 aliphatic rings. The van der Waals surface area contributed by atoms with Crippen LogP contribution in [0.1, 0.15) is 0 Å². The smallest absolute Gasteiger partial charge is 0.164 e. The molecule has 0 atom stereocenters. The van der Waals surface area contributed by atoms with E-state index in [0.717, 1.165) is 39.1 Å². The van der Waals surface area contributed by atoms with E-state index < -0.39 is 0 Å². The monoisotopic (exact) mass is 852 g/mol. The van der Waals surface area contributed by atoms with Crippen molar-refractivity contribution in [3.8, 4) is 73.2 Å². The third-order valence-electron chi connectivity index (χ3n) is 13.2. The number of hydrogen-bond donors (Lipinski definition) is 0. The molecule has 0 N–H and O–H groups in total. The van der Waals surface area contributed by atoms with Crippen LogP contribution >= 0.6 is 0 Å². The molecule has 13 aromatic rings. The van der Waals surface area contributed by atoms with Gasteiger partial charge in [-0.05, 0) is 108 Å². The first-order valence-corrected chi connectivity index (χ1v) is 22.8. The number of fused-ring (bicyclic) bond motifs is 9. The minimum atomic E-state index is 0.628. The Kier molecular flexibility index (Phi) is 9.14. The van der Waals surface area contributed by atoms with Gasteiger partial charge in [-0.2, -0.15) is 0 Å². The van der Waals surface area contributed by atoms with Gasteiger partial charge in [-0.3, -0.25) is 0 Å². The maximum Gasteiger partial charge on any atom is 0.164 e. The molecule has 4 nitrogen and oxygen atoms in total. The second-order valence-electron chi connectivity index (χ2n) is 17.2. The molecule has 4 heteroatoms. The first kappa shape index (κ1) is 38.5. The fourth-order valence-corrected chi connectivity index (χ4v) is 10.1. The third kappa shape index (κ3) is 6.65. The first-order valence-electron chi connectivity index (χ1n) is 22.8. The van der Waals surface area contributed by atoms with Gasteiger partial charge in [0.15, 0.2) is 17.5 Å². The number of aromatic nitrogens is 4. The van der Waals surface area contributed by atoms with E-state index in [9.17, 15) is 0 Å². The van der Waals surface area contributed by atoms with E-state index in [-0.39, 0.29) is 0 Å². The van der Waals surface area contributed by atoms with Crippen LogP contribution in [0.25, 0.3) is 127 Å². The van der Waals surface area contributed by atoms with Crippen molar-refractivity contribution in [1.29, 1.82) is 0 Å². The van der Waals surface area contributed by atoms with Gasteiger partial charge in [0.2, 0.25) is 0 Å². The highest BCUT2D eigenvalue weighted by atomic mass is 15.0. The van der Waals surface area contributed by atoms with Crippen molar-refractivity contribution in [2.75, 3.05) is 0 Å². The van der Waals surface area contributed by atoms with Crippen LogP contribution in [0, 0.1) is 0 Å². The molecule has 312 valence electrons. The van der Waals surface area contributed by atoms with Crippen molar-refractivity contribution in [3.05, 3.63) is 243 Å². The summed E-state index contributed by atoms with van der Waals surface area (Å²) in [6.07, 6.45) is 0. The number of para-hydroxylation sites is 2. The Labute approximate surface area is 387 Å². The highest BCUT2D eigenvalue weighted by Gasteiger charge is 2.18. The molecule has 0 amide bonds. The fraction of sp³-hybridized carbons (Fsp3) is 0. The lowest BCUT2D eigenvalue weighted by Crippen LogP contribution is -2.00. The molecule has 2 aromatic heterocycles. The zero-order chi connectivity index (χ0) is 44.3. The van der Waals surface area contributed by atoms with E-state index in [1.807, 2.05) is 24.3 Å². The van der Waals surface area contributed by atoms with Crippen LogP contribution < -0.4 is 0 Å². The van der Waals surface area contributed by atoms with Crippen molar-refractivity contribution in [1.82, 2.24) is 19.5 Å². The molecule has 0 saturated heterocycles. The highest BCUT2D eigenvalue weighted by molar-refractivity contribution is 6.29. The topological polar surface area (TPSA) is 43.6 Å². The predicted octanol–water partition coefficient (Wildman–Crippen LogP) is 16.4. The van der Waals surface area contributed by atoms with Gasteiger partial charge in [0.05, 0.1) is 11.0 Å². The van der Waals surface area contributed by atoms with Gasteiger partial charge in [-0.1, -0.05) is 200 Å². The van der Waals surface area contributed by atoms with Gasteiger partial charge in [0, 0.05) is 33.2 Å². The van der Waals surface area contributed by atoms with Crippen molar-refractivity contribution < 1.29 is 0 Å². The Morgan fingerprint density at radius 3 is 1.43 bits per heavy atom. The minimum absolute atomic E-state index is 0.628. The van der Waals surface area contributed by atoms with Gasteiger partial charge >= 0.3 is 0 Å². The standard InChI is InChI=1S/C63H40N4/c1-4-16-41(17-5-1)42-30-32-44(33-31-42)62-64-61(43-18-6-2-7-19-43)65-63(66-62)48-21-14-20-45(38-48)46-34-36-55-56(39-46)52-25-11-10-24-51(52)54-28-15-27-50(60(54)55)47-35-37-59-57(40-47)53-26-12-13-29-58(53)67(59)49-22-8-3-9-23-49/h1-40H. The molecule has 0 spiro atoms. The van der Waals surface area contributed by atoms with E-state index in [4.69, 9.17) is 15.0 Å². The molecular formula is C63H40N4. The van der Waals surface area contributed by atoms with E-state index in [1.54, 1.807) is 0 Å². The average Bonchev–Trinajstić information content (AvgIpc) is 3.75. The Morgan fingerprint density at radius 1 is 0.239 bits per heavy atom. The maximum atomic E-state index is 5.13. The Hall–Kier alpha value is -8.99. The average molecular weight is 853 g/mol. The summed E-state index contributed by atoms with van der Waals surface area (Å²) >= 11 is 0. The molecule has 67 heavy (non-hydrogen) atoms. The summed E-state index contributed by atoms with van der Waals surface area (Å²) in [6, 6.07) is 86.6. The predicted molar refractivity (Wildman–Crippen MR) is 279 cm³/mol. The molecule has 11 aromatic carbocycles. The lowest BCUT2D eigenvalue weighted by atomic mass is 9.88. The van der Waals surface area contributed by atoms with Crippen LogP contribution in [-0.2, 0) is 0 Å². The van der Waals surface area contributed by atoms with Crippen LogP contribution in [0.5, 0.6) is 0 Å². The maximum absolute atomic E-state index is 5.13. The van der Waals surface area contributed by atoms with Crippen LogP contribution in [0.15, 0.2) is 243 Å². The summed E-state index contributed by atoms with van der Waals surface area (Å²) in [4.78, 5) is 15.2. The molecule has 13 rings (SSSR count). The van der Waals surface area contributed by atoms with Crippen molar-refractivity contribution in [2.24, 2.45) is 0 Å². The zero-order valence-electron chi connectivity index (χ0n) is 36.4. The number of benzene rings is 11. The molecule has 0 unspecified atom stereocenters. The van der Waals surface area contributed by atoms with Crippen LogP contribution in [-0.4, -0.2) is 19.5 Å². The van der Waals surface area contributed by atoms with Crippen LogP contribution in [0.4, 0.5) is 0 Å². The second kappa shape index (κ2) is 15.9. The molecule has 0 aliphatic heterocycles.